The highest BCUT2D eigenvalue weighted by molar-refractivity contribution is 5.34. The van der Waals surface area contributed by atoms with Crippen LogP contribution in [0.2, 0.25) is 0 Å². The van der Waals surface area contributed by atoms with Crippen LogP contribution in [0.15, 0.2) is 12.3 Å². The van der Waals surface area contributed by atoms with Gasteiger partial charge in [0.05, 0.1) is 6.10 Å². The standard InChI is InChI=1S/C15H26N4O/c1-12(2)20-14-8-10-17-15(18-14)19-11-5-4-6-13(19)7-9-16-3/h8,10,12-13,16H,4-7,9,11H2,1-3H3. The van der Waals surface area contributed by atoms with E-state index in [0.29, 0.717) is 11.9 Å². The van der Waals surface area contributed by atoms with Crippen LogP contribution in [0.3, 0.4) is 0 Å². The highest BCUT2D eigenvalue weighted by atomic mass is 16.5. The van der Waals surface area contributed by atoms with Crippen molar-refractivity contribution >= 4 is 5.95 Å². The van der Waals surface area contributed by atoms with Gasteiger partial charge in [-0.1, -0.05) is 0 Å². The molecule has 0 bridgehead atoms. The van der Waals surface area contributed by atoms with Crippen molar-refractivity contribution in [1.82, 2.24) is 15.3 Å². The second kappa shape index (κ2) is 7.43. The normalized spacial score (nSPS) is 19.4. The first kappa shape index (κ1) is 15.0. The van der Waals surface area contributed by atoms with E-state index in [1.807, 2.05) is 27.0 Å². The molecule has 1 saturated heterocycles. The van der Waals surface area contributed by atoms with Gasteiger partial charge in [0, 0.05) is 24.8 Å². The molecule has 1 aliphatic heterocycles. The second-order valence-corrected chi connectivity index (χ2v) is 5.60. The molecule has 0 saturated carbocycles. The lowest BCUT2D eigenvalue weighted by Crippen LogP contribution is -2.42. The molecule has 1 atom stereocenters. The molecule has 20 heavy (non-hydrogen) atoms. The van der Waals surface area contributed by atoms with Gasteiger partial charge in [-0.2, -0.15) is 4.98 Å². The number of anilines is 1. The van der Waals surface area contributed by atoms with Crippen LogP contribution in [0.1, 0.15) is 39.5 Å². The Labute approximate surface area is 121 Å². The zero-order valence-electron chi connectivity index (χ0n) is 12.8. The molecule has 1 fully saturated rings. The molecule has 2 heterocycles. The Bertz CT molecular complexity index is 411. The molecule has 1 aliphatic rings. The third-order valence-electron chi connectivity index (χ3n) is 3.59. The van der Waals surface area contributed by atoms with Crippen molar-refractivity contribution in [2.45, 2.75) is 51.7 Å². The van der Waals surface area contributed by atoms with E-state index in [-0.39, 0.29) is 6.10 Å². The van der Waals surface area contributed by atoms with Crippen molar-refractivity contribution < 1.29 is 4.74 Å². The van der Waals surface area contributed by atoms with Gasteiger partial charge in [-0.25, -0.2) is 4.98 Å². The van der Waals surface area contributed by atoms with Gasteiger partial charge in [0.1, 0.15) is 0 Å². The molecule has 1 aromatic heterocycles. The van der Waals surface area contributed by atoms with Gasteiger partial charge >= 0.3 is 0 Å². The number of nitrogens with zero attached hydrogens (tertiary/aromatic N) is 3. The van der Waals surface area contributed by atoms with Crippen LogP contribution < -0.4 is 15.0 Å². The van der Waals surface area contributed by atoms with Crippen LogP contribution in [-0.2, 0) is 0 Å². The third-order valence-corrected chi connectivity index (χ3v) is 3.59. The van der Waals surface area contributed by atoms with Gasteiger partial charge in [0.2, 0.25) is 11.8 Å². The molecular weight excluding hydrogens is 252 g/mol. The first-order valence-corrected chi connectivity index (χ1v) is 7.61. The monoisotopic (exact) mass is 278 g/mol. The predicted octanol–water partition coefficient (Wildman–Crippen LogP) is 2.23. The van der Waals surface area contributed by atoms with E-state index in [1.54, 1.807) is 6.20 Å². The van der Waals surface area contributed by atoms with Gasteiger partial charge in [0.25, 0.3) is 0 Å². The Morgan fingerprint density at radius 1 is 1.45 bits per heavy atom. The second-order valence-electron chi connectivity index (χ2n) is 5.60. The average Bonchev–Trinajstić information content (AvgIpc) is 2.45. The Morgan fingerprint density at radius 2 is 2.30 bits per heavy atom. The number of aromatic nitrogens is 2. The van der Waals surface area contributed by atoms with E-state index < -0.39 is 0 Å². The van der Waals surface area contributed by atoms with E-state index in [0.717, 1.165) is 25.5 Å². The quantitative estimate of drug-likeness (QED) is 0.865. The fourth-order valence-corrected chi connectivity index (χ4v) is 2.65. The first-order chi connectivity index (χ1) is 9.70. The molecule has 5 nitrogen and oxygen atoms in total. The van der Waals surface area contributed by atoms with Gasteiger partial charge in [-0.05, 0) is 53.1 Å². The van der Waals surface area contributed by atoms with Crippen LogP contribution in [0.25, 0.3) is 0 Å². The maximum absolute atomic E-state index is 5.67. The fraction of sp³-hybridized carbons (Fsp3) is 0.733. The average molecular weight is 278 g/mol. The van der Waals surface area contributed by atoms with Gasteiger partial charge < -0.3 is 15.0 Å². The van der Waals surface area contributed by atoms with Crippen LogP contribution in [0.5, 0.6) is 5.88 Å². The Balaban J connectivity index is 2.10. The minimum atomic E-state index is 0.138. The van der Waals surface area contributed by atoms with Crippen molar-refractivity contribution in [3.05, 3.63) is 12.3 Å². The summed E-state index contributed by atoms with van der Waals surface area (Å²) in [5.74, 6) is 1.48. The molecule has 0 radical (unpaired) electrons. The zero-order chi connectivity index (χ0) is 14.4. The van der Waals surface area contributed by atoms with E-state index >= 15 is 0 Å². The summed E-state index contributed by atoms with van der Waals surface area (Å²) < 4.78 is 5.67. The summed E-state index contributed by atoms with van der Waals surface area (Å²) >= 11 is 0. The van der Waals surface area contributed by atoms with Crippen molar-refractivity contribution in [3.63, 3.8) is 0 Å². The fourth-order valence-electron chi connectivity index (χ4n) is 2.65. The van der Waals surface area contributed by atoms with Crippen molar-refractivity contribution in [1.29, 1.82) is 0 Å². The number of ether oxygens (including phenoxy) is 1. The molecule has 0 amide bonds. The van der Waals surface area contributed by atoms with Gasteiger partial charge in [0.15, 0.2) is 0 Å². The summed E-state index contributed by atoms with van der Waals surface area (Å²) in [6.45, 7) is 6.10. The molecule has 1 N–H and O–H groups in total. The van der Waals surface area contributed by atoms with Crippen molar-refractivity contribution in [3.8, 4) is 5.88 Å². The van der Waals surface area contributed by atoms with E-state index in [4.69, 9.17) is 4.74 Å². The summed E-state index contributed by atoms with van der Waals surface area (Å²) in [6, 6.07) is 2.36. The minimum absolute atomic E-state index is 0.138. The number of hydrogen-bond donors (Lipinski definition) is 1. The summed E-state index contributed by atoms with van der Waals surface area (Å²) in [4.78, 5) is 11.4. The minimum Gasteiger partial charge on any atom is -0.475 e. The molecule has 1 aromatic rings. The molecule has 0 aromatic carbocycles. The highest BCUT2D eigenvalue weighted by Gasteiger charge is 2.24. The van der Waals surface area contributed by atoms with Crippen LogP contribution in [-0.4, -0.2) is 42.3 Å². The smallest absolute Gasteiger partial charge is 0.228 e. The largest absolute Gasteiger partial charge is 0.475 e. The van der Waals surface area contributed by atoms with Crippen molar-refractivity contribution in [2.75, 3.05) is 25.0 Å². The molecule has 0 spiro atoms. The molecule has 5 heteroatoms. The molecule has 1 unspecified atom stereocenters. The van der Waals surface area contributed by atoms with Crippen LogP contribution in [0, 0.1) is 0 Å². The number of hydrogen-bond acceptors (Lipinski definition) is 5. The number of nitrogens with one attached hydrogen (secondary N) is 1. The summed E-state index contributed by atoms with van der Waals surface area (Å²) in [6.07, 6.45) is 6.81. The maximum atomic E-state index is 5.67. The summed E-state index contributed by atoms with van der Waals surface area (Å²) in [5.41, 5.74) is 0. The van der Waals surface area contributed by atoms with Crippen LogP contribution in [0.4, 0.5) is 5.95 Å². The SMILES string of the molecule is CNCCC1CCCCN1c1nccc(OC(C)C)n1. The number of rotatable bonds is 6. The Kier molecular flexibility index (Phi) is 5.59. The highest BCUT2D eigenvalue weighted by Crippen LogP contribution is 2.24. The molecular formula is C15H26N4O. The third kappa shape index (κ3) is 4.07. The summed E-state index contributed by atoms with van der Waals surface area (Å²) in [5, 5.41) is 3.23. The van der Waals surface area contributed by atoms with E-state index in [2.05, 4.69) is 20.2 Å². The van der Waals surface area contributed by atoms with Crippen molar-refractivity contribution in [2.24, 2.45) is 0 Å². The van der Waals surface area contributed by atoms with E-state index in [1.165, 1.54) is 19.3 Å². The molecule has 0 aliphatic carbocycles. The lowest BCUT2D eigenvalue weighted by molar-refractivity contribution is 0.232. The lowest BCUT2D eigenvalue weighted by atomic mass is 10.00. The lowest BCUT2D eigenvalue weighted by Gasteiger charge is -2.36. The topological polar surface area (TPSA) is 50.3 Å². The summed E-state index contributed by atoms with van der Waals surface area (Å²) in [7, 11) is 2.00. The zero-order valence-corrected chi connectivity index (χ0v) is 12.8. The first-order valence-electron chi connectivity index (χ1n) is 7.61. The Hall–Kier alpha value is -1.36. The van der Waals surface area contributed by atoms with Gasteiger partial charge in [-0.3, -0.25) is 0 Å². The van der Waals surface area contributed by atoms with Gasteiger partial charge in [-0.15, -0.1) is 0 Å². The van der Waals surface area contributed by atoms with E-state index in [9.17, 15) is 0 Å². The molecule has 112 valence electrons. The Morgan fingerprint density at radius 3 is 3.05 bits per heavy atom. The predicted molar refractivity (Wildman–Crippen MR) is 81.3 cm³/mol. The van der Waals surface area contributed by atoms with Crippen LogP contribution >= 0.6 is 0 Å². The molecule has 2 rings (SSSR count). The maximum Gasteiger partial charge on any atom is 0.228 e. The number of piperidine rings is 1.